The highest BCUT2D eigenvalue weighted by molar-refractivity contribution is 7.91. The topological polar surface area (TPSA) is 67.0 Å². The summed E-state index contributed by atoms with van der Waals surface area (Å²) in [4.78, 5) is 14.7. The summed E-state index contributed by atoms with van der Waals surface area (Å²) >= 11 is 0. The van der Waals surface area contributed by atoms with E-state index in [0.29, 0.717) is 10.9 Å². The molecule has 106 valence electrons. The van der Waals surface area contributed by atoms with Crippen LogP contribution in [0.15, 0.2) is 69.3 Å². The van der Waals surface area contributed by atoms with Gasteiger partial charge in [-0.1, -0.05) is 12.1 Å². The van der Waals surface area contributed by atoms with E-state index in [2.05, 4.69) is 4.98 Å². The molecule has 21 heavy (non-hydrogen) atoms. The number of hydrogen-bond acceptors (Lipinski definition) is 3. The number of H-pyrrole nitrogens is 1. The minimum atomic E-state index is -3.99. The Bertz CT molecular complexity index is 976. The van der Waals surface area contributed by atoms with Crippen molar-refractivity contribution in [3.8, 4) is 0 Å². The lowest BCUT2D eigenvalue weighted by Crippen LogP contribution is -2.16. The Balaban J connectivity index is 2.27. The minimum absolute atomic E-state index is 0.121. The van der Waals surface area contributed by atoms with Gasteiger partial charge in [-0.3, -0.25) is 4.79 Å². The smallest absolute Gasteiger partial charge is 0.211 e. The molecule has 0 aliphatic carbocycles. The number of aromatic amines is 1. The molecule has 0 saturated carbocycles. The number of rotatable bonds is 2. The molecule has 0 spiro atoms. The van der Waals surface area contributed by atoms with Gasteiger partial charge in [-0.2, -0.15) is 0 Å². The predicted octanol–water partition coefficient (Wildman–Crippen LogP) is 2.50. The van der Waals surface area contributed by atoms with Gasteiger partial charge >= 0.3 is 0 Å². The normalized spacial score (nSPS) is 11.7. The molecule has 6 heteroatoms. The maximum atomic E-state index is 12.9. The molecule has 0 amide bonds. The third-order valence-corrected chi connectivity index (χ3v) is 4.94. The van der Waals surface area contributed by atoms with Gasteiger partial charge in [0.1, 0.15) is 10.7 Å². The Morgan fingerprint density at radius 3 is 2.33 bits per heavy atom. The van der Waals surface area contributed by atoms with Gasteiger partial charge in [-0.05, 0) is 36.4 Å². The summed E-state index contributed by atoms with van der Waals surface area (Å²) in [5.41, 5.74) is -0.0192. The van der Waals surface area contributed by atoms with Gasteiger partial charge in [-0.15, -0.1) is 0 Å². The fourth-order valence-corrected chi connectivity index (χ4v) is 3.41. The van der Waals surface area contributed by atoms with E-state index < -0.39 is 21.1 Å². The van der Waals surface area contributed by atoms with Gasteiger partial charge in [0.25, 0.3) is 0 Å². The highest BCUT2D eigenvalue weighted by atomic mass is 32.2. The van der Waals surface area contributed by atoms with Gasteiger partial charge in [0.2, 0.25) is 15.3 Å². The lowest BCUT2D eigenvalue weighted by Gasteiger charge is -2.05. The van der Waals surface area contributed by atoms with Crippen LogP contribution in [0.5, 0.6) is 0 Å². The number of hydrogen-bond donors (Lipinski definition) is 1. The van der Waals surface area contributed by atoms with Crippen molar-refractivity contribution in [3.05, 3.63) is 70.8 Å². The fraction of sp³-hybridized carbons (Fsp3) is 0. The first-order chi connectivity index (χ1) is 10.00. The summed E-state index contributed by atoms with van der Waals surface area (Å²) in [7, 11) is -3.99. The van der Waals surface area contributed by atoms with Crippen LogP contribution in [0.3, 0.4) is 0 Å². The van der Waals surface area contributed by atoms with Gasteiger partial charge < -0.3 is 4.98 Å². The maximum Gasteiger partial charge on any atom is 0.211 e. The van der Waals surface area contributed by atoms with Crippen LogP contribution in [0.2, 0.25) is 0 Å². The highest BCUT2D eigenvalue weighted by Gasteiger charge is 2.22. The number of sulfone groups is 1. The first-order valence-corrected chi connectivity index (χ1v) is 7.59. The second kappa shape index (κ2) is 4.82. The van der Waals surface area contributed by atoms with E-state index in [4.69, 9.17) is 0 Å². The van der Waals surface area contributed by atoms with E-state index in [1.807, 2.05) is 0 Å². The number of benzene rings is 2. The molecule has 0 bridgehead atoms. The molecular weight excluding hydrogens is 293 g/mol. The van der Waals surface area contributed by atoms with E-state index in [-0.39, 0.29) is 9.79 Å². The maximum absolute atomic E-state index is 12.9. The second-order valence-corrected chi connectivity index (χ2v) is 6.40. The Kier molecular flexibility index (Phi) is 3.10. The van der Waals surface area contributed by atoms with E-state index >= 15 is 0 Å². The molecule has 1 N–H and O–H groups in total. The van der Waals surface area contributed by atoms with Crippen molar-refractivity contribution in [3.63, 3.8) is 0 Å². The summed E-state index contributed by atoms with van der Waals surface area (Å²) in [5.74, 6) is -0.540. The third-order valence-electron chi connectivity index (χ3n) is 3.17. The number of aromatic nitrogens is 1. The third kappa shape index (κ3) is 2.23. The standard InChI is InChI=1S/C15H10FNO3S/c16-10-5-7-11(8-6-10)21(19,20)14-9-17-13-4-2-1-3-12(13)15(14)18/h1-9H,(H,17,18). The quantitative estimate of drug-likeness (QED) is 0.740. The second-order valence-electron chi connectivity index (χ2n) is 4.48. The lowest BCUT2D eigenvalue weighted by atomic mass is 10.2. The molecular formula is C15H10FNO3S. The molecule has 0 fully saturated rings. The minimum Gasteiger partial charge on any atom is -0.360 e. The molecule has 3 aromatic rings. The highest BCUT2D eigenvalue weighted by Crippen LogP contribution is 2.19. The number of para-hydroxylation sites is 1. The first-order valence-electron chi connectivity index (χ1n) is 6.11. The summed E-state index contributed by atoms with van der Waals surface area (Å²) in [6, 6.07) is 11.0. The molecule has 2 aromatic carbocycles. The van der Waals surface area contributed by atoms with E-state index in [1.165, 1.54) is 6.20 Å². The molecule has 0 atom stereocenters. The number of pyridine rings is 1. The molecule has 1 heterocycles. The van der Waals surface area contributed by atoms with Crippen LogP contribution in [0.25, 0.3) is 10.9 Å². The summed E-state index contributed by atoms with van der Waals surface area (Å²) < 4.78 is 37.8. The average molecular weight is 303 g/mol. The zero-order valence-electron chi connectivity index (χ0n) is 10.7. The summed E-state index contributed by atoms with van der Waals surface area (Å²) in [6.45, 7) is 0. The van der Waals surface area contributed by atoms with Crippen LogP contribution in [0.1, 0.15) is 0 Å². The van der Waals surface area contributed by atoms with Crippen LogP contribution >= 0.6 is 0 Å². The van der Waals surface area contributed by atoms with E-state index in [0.717, 1.165) is 24.3 Å². The molecule has 1 aromatic heterocycles. The fourth-order valence-electron chi connectivity index (χ4n) is 2.09. The molecule has 4 nitrogen and oxygen atoms in total. The number of nitrogens with one attached hydrogen (secondary N) is 1. The van der Waals surface area contributed by atoms with Crippen molar-refractivity contribution in [2.45, 2.75) is 9.79 Å². The Labute approximate surface area is 119 Å². The van der Waals surface area contributed by atoms with Crippen LogP contribution in [-0.2, 0) is 9.84 Å². The van der Waals surface area contributed by atoms with Gasteiger partial charge in [-0.25, -0.2) is 12.8 Å². The largest absolute Gasteiger partial charge is 0.360 e. The van der Waals surface area contributed by atoms with Crippen molar-refractivity contribution in [2.75, 3.05) is 0 Å². The van der Waals surface area contributed by atoms with Crippen molar-refractivity contribution >= 4 is 20.7 Å². The van der Waals surface area contributed by atoms with Crippen LogP contribution in [0, 0.1) is 5.82 Å². The zero-order valence-corrected chi connectivity index (χ0v) is 11.5. The SMILES string of the molecule is O=c1c(S(=O)(=O)c2ccc(F)cc2)c[nH]c2ccccc12. The van der Waals surface area contributed by atoms with Crippen molar-refractivity contribution in [1.82, 2.24) is 4.98 Å². The molecule has 0 aliphatic rings. The predicted molar refractivity (Wildman–Crippen MR) is 76.4 cm³/mol. The Morgan fingerprint density at radius 2 is 1.62 bits per heavy atom. The number of halogens is 1. The Morgan fingerprint density at radius 1 is 0.952 bits per heavy atom. The summed E-state index contributed by atoms with van der Waals surface area (Å²) in [5, 5.41) is 0.292. The number of fused-ring (bicyclic) bond motifs is 1. The first kappa shape index (κ1) is 13.5. The Hall–Kier alpha value is -2.47. The summed E-state index contributed by atoms with van der Waals surface area (Å²) in [6.07, 6.45) is 1.17. The molecule has 0 unspecified atom stereocenters. The molecule has 0 saturated heterocycles. The van der Waals surface area contributed by atoms with Crippen molar-refractivity contribution in [1.29, 1.82) is 0 Å². The van der Waals surface area contributed by atoms with Crippen molar-refractivity contribution in [2.24, 2.45) is 0 Å². The lowest BCUT2D eigenvalue weighted by molar-refractivity contribution is 0.594. The zero-order chi connectivity index (χ0) is 15.0. The molecule has 0 radical (unpaired) electrons. The average Bonchev–Trinajstić information content (AvgIpc) is 2.48. The van der Waals surface area contributed by atoms with E-state index in [1.54, 1.807) is 24.3 Å². The van der Waals surface area contributed by atoms with E-state index in [9.17, 15) is 17.6 Å². The van der Waals surface area contributed by atoms with Crippen LogP contribution < -0.4 is 5.43 Å². The van der Waals surface area contributed by atoms with Crippen molar-refractivity contribution < 1.29 is 12.8 Å². The molecule has 0 aliphatic heterocycles. The molecule has 3 rings (SSSR count). The monoisotopic (exact) mass is 303 g/mol. The van der Waals surface area contributed by atoms with Gasteiger partial charge in [0, 0.05) is 17.1 Å². The van der Waals surface area contributed by atoms with Gasteiger partial charge in [0.05, 0.1) is 4.90 Å². The van der Waals surface area contributed by atoms with Crippen LogP contribution in [-0.4, -0.2) is 13.4 Å². The van der Waals surface area contributed by atoms with Crippen LogP contribution in [0.4, 0.5) is 4.39 Å². The van der Waals surface area contributed by atoms with Gasteiger partial charge in [0.15, 0.2) is 0 Å².